The van der Waals surface area contributed by atoms with Gasteiger partial charge in [-0.15, -0.1) is 24.0 Å². The highest BCUT2D eigenvalue weighted by Gasteiger charge is 1.99. The van der Waals surface area contributed by atoms with Gasteiger partial charge in [0.15, 0.2) is 5.96 Å². The van der Waals surface area contributed by atoms with E-state index < -0.39 is 0 Å². The Hall–Kier alpha value is -1.84. The predicted octanol–water partition coefficient (Wildman–Crippen LogP) is 2.66. The van der Waals surface area contributed by atoms with E-state index in [0.29, 0.717) is 25.4 Å². The van der Waals surface area contributed by atoms with Crippen molar-refractivity contribution in [3.8, 4) is 5.75 Å². The summed E-state index contributed by atoms with van der Waals surface area (Å²) in [4.78, 5) is 4.51. The molecule has 0 aliphatic carbocycles. The number of aromatic nitrogens is 2. The smallest absolute Gasteiger partial charge is 0.191 e. The van der Waals surface area contributed by atoms with Crippen LogP contribution in [0.5, 0.6) is 5.75 Å². The Morgan fingerprint density at radius 1 is 1.32 bits per heavy atom. The Morgan fingerprint density at radius 2 is 2.20 bits per heavy atom. The number of aliphatic imine (C=N–C) groups is 1. The summed E-state index contributed by atoms with van der Waals surface area (Å²) in [6.45, 7) is 5.38. The van der Waals surface area contributed by atoms with Crippen LogP contribution in [0.1, 0.15) is 13.3 Å². The van der Waals surface area contributed by atoms with E-state index in [1.54, 1.807) is 18.3 Å². The lowest BCUT2D eigenvalue weighted by molar-refractivity contribution is 0.320. The number of ether oxygens (including phenoxy) is 1. The molecule has 138 valence electrons. The van der Waals surface area contributed by atoms with Crippen molar-refractivity contribution in [2.45, 2.75) is 19.9 Å². The van der Waals surface area contributed by atoms with Crippen LogP contribution >= 0.6 is 24.0 Å². The van der Waals surface area contributed by atoms with Crippen molar-refractivity contribution in [1.29, 1.82) is 0 Å². The average molecular weight is 461 g/mol. The average Bonchev–Trinajstić information content (AvgIpc) is 3.09. The number of hydrogen-bond acceptors (Lipinski definition) is 3. The van der Waals surface area contributed by atoms with Gasteiger partial charge in [-0.3, -0.25) is 9.67 Å². The van der Waals surface area contributed by atoms with Crippen molar-refractivity contribution in [3.05, 3.63) is 48.5 Å². The van der Waals surface area contributed by atoms with Crippen LogP contribution < -0.4 is 15.4 Å². The zero-order valence-electron chi connectivity index (χ0n) is 14.3. The number of guanidine groups is 1. The molecule has 1 aromatic heterocycles. The monoisotopic (exact) mass is 461 g/mol. The second-order valence-electron chi connectivity index (χ2n) is 5.12. The minimum atomic E-state index is -0.299. The molecule has 0 saturated heterocycles. The van der Waals surface area contributed by atoms with Crippen LogP contribution in [0.15, 0.2) is 47.7 Å². The molecule has 1 aromatic carbocycles. The van der Waals surface area contributed by atoms with E-state index in [0.717, 1.165) is 25.5 Å². The van der Waals surface area contributed by atoms with Crippen LogP contribution in [0.2, 0.25) is 0 Å². The molecule has 0 spiro atoms. The maximum Gasteiger partial charge on any atom is 0.191 e. The summed E-state index contributed by atoms with van der Waals surface area (Å²) in [6.07, 6.45) is 4.63. The Kier molecular flexibility index (Phi) is 10.6. The second kappa shape index (κ2) is 12.5. The molecule has 0 bridgehead atoms. The lowest BCUT2D eigenvalue weighted by Gasteiger charge is -2.12. The van der Waals surface area contributed by atoms with Gasteiger partial charge in [-0.25, -0.2) is 4.39 Å². The summed E-state index contributed by atoms with van der Waals surface area (Å²) in [5, 5.41) is 10.5. The molecule has 1 heterocycles. The van der Waals surface area contributed by atoms with E-state index in [1.165, 1.54) is 12.1 Å². The van der Waals surface area contributed by atoms with Gasteiger partial charge in [-0.1, -0.05) is 6.07 Å². The highest BCUT2D eigenvalue weighted by Crippen LogP contribution is 2.11. The normalized spacial score (nSPS) is 10.9. The molecule has 0 amide bonds. The number of nitrogens with zero attached hydrogens (tertiary/aromatic N) is 3. The molecule has 0 atom stereocenters. The fraction of sp³-hybridized carbons (Fsp3) is 0.412. The van der Waals surface area contributed by atoms with Crippen LogP contribution in [-0.4, -0.2) is 42.0 Å². The van der Waals surface area contributed by atoms with Gasteiger partial charge in [0.25, 0.3) is 0 Å². The molecule has 2 aromatic rings. The molecular formula is C17H25FIN5O. The van der Waals surface area contributed by atoms with Crippen molar-refractivity contribution >= 4 is 29.9 Å². The standard InChI is InChI=1S/C17H24FN5O.HI/c1-2-19-17(20-8-4-11-23-12-5-9-22-23)21-10-13-24-16-7-3-6-15(18)14-16;/h3,5-7,9,12,14H,2,4,8,10-11,13H2,1H3,(H2,19,20,21);1H. The van der Waals surface area contributed by atoms with Crippen LogP contribution in [0.4, 0.5) is 4.39 Å². The number of hydrogen-bond donors (Lipinski definition) is 2. The molecule has 0 aliphatic heterocycles. The van der Waals surface area contributed by atoms with E-state index >= 15 is 0 Å². The number of nitrogens with one attached hydrogen (secondary N) is 2. The third kappa shape index (κ3) is 8.71. The fourth-order valence-electron chi connectivity index (χ4n) is 2.09. The molecule has 0 fully saturated rings. The molecule has 0 aliphatic rings. The molecule has 6 nitrogen and oxygen atoms in total. The third-order valence-electron chi connectivity index (χ3n) is 3.18. The van der Waals surface area contributed by atoms with E-state index in [-0.39, 0.29) is 29.8 Å². The van der Waals surface area contributed by atoms with Crippen molar-refractivity contribution in [2.75, 3.05) is 26.2 Å². The summed E-state index contributed by atoms with van der Waals surface area (Å²) in [7, 11) is 0. The van der Waals surface area contributed by atoms with E-state index in [1.807, 2.05) is 23.9 Å². The zero-order chi connectivity index (χ0) is 17.0. The number of rotatable bonds is 9. The Labute approximate surface area is 164 Å². The fourth-order valence-corrected chi connectivity index (χ4v) is 2.09. The van der Waals surface area contributed by atoms with E-state index in [2.05, 4.69) is 20.7 Å². The highest BCUT2D eigenvalue weighted by molar-refractivity contribution is 14.0. The molecule has 0 radical (unpaired) electrons. The Morgan fingerprint density at radius 3 is 2.92 bits per heavy atom. The minimum Gasteiger partial charge on any atom is -0.492 e. The van der Waals surface area contributed by atoms with Crippen LogP contribution in [0.3, 0.4) is 0 Å². The molecule has 8 heteroatoms. The SMILES string of the molecule is CCNC(=NCCCn1cccn1)NCCOc1cccc(F)c1.I. The summed E-state index contributed by atoms with van der Waals surface area (Å²) < 4.78 is 20.4. The lowest BCUT2D eigenvalue weighted by atomic mass is 10.3. The van der Waals surface area contributed by atoms with Gasteiger partial charge < -0.3 is 15.4 Å². The molecule has 0 unspecified atom stereocenters. The van der Waals surface area contributed by atoms with Gasteiger partial charge in [-0.05, 0) is 31.5 Å². The lowest BCUT2D eigenvalue weighted by Crippen LogP contribution is -2.39. The zero-order valence-corrected chi connectivity index (χ0v) is 16.7. The topological polar surface area (TPSA) is 63.5 Å². The minimum absolute atomic E-state index is 0. The van der Waals surface area contributed by atoms with Gasteiger partial charge in [0.05, 0.1) is 6.54 Å². The van der Waals surface area contributed by atoms with Crippen molar-refractivity contribution in [1.82, 2.24) is 20.4 Å². The van der Waals surface area contributed by atoms with Crippen molar-refractivity contribution in [2.24, 2.45) is 4.99 Å². The molecular weight excluding hydrogens is 436 g/mol. The number of aryl methyl sites for hydroxylation is 1. The first-order valence-corrected chi connectivity index (χ1v) is 8.16. The predicted molar refractivity (Wildman–Crippen MR) is 108 cm³/mol. The molecule has 2 rings (SSSR count). The number of halogens is 2. The molecule has 25 heavy (non-hydrogen) atoms. The van der Waals surface area contributed by atoms with Gasteiger partial charge >= 0.3 is 0 Å². The van der Waals surface area contributed by atoms with Crippen molar-refractivity contribution in [3.63, 3.8) is 0 Å². The summed E-state index contributed by atoms with van der Waals surface area (Å²) in [6, 6.07) is 8.03. The van der Waals surface area contributed by atoms with E-state index in [4.69, 9.17) is 4.74 Å². The highest BCUT2D eigenvalue weighted by atomic mass is 127. The van der Waals surface area contributed by atoms with Crippen molar-refractivity contribution < 1.29 is 9.13 Å². The molecule has 2 N–H and O–H groups in total. The number of benzene rings is 1. The van der Waals surface area contributed by atoms with Gasteiger partial charge in [-0.2, -0.15) is 5.10 Å². The van der Waals surface area contributed by atoms with Gasteiger partial charge in [0.2, 0.25) is 0 Å². The van der Waals surface area contributed by atoms with Crippen LogP contribution in [0.25, 0.3) is 0 Å². The van der Waals surface area contributed by atoms with Gasteiger partial charge in [0.1, 0.15) is 18.2 Å². The summed E-state index contributed by atoms with van der Waals surface area (Å²) >= 11 is 0. The van der Waals surface area contributed by atoms with Gasteiger partial charge in [0, 0.05) is 38.1 Å². The largest absolute Gasteiger partial charge is 0.492 e. The summed E-state index contributed by atoms with van der Waals surface area (Å²) in [5.41, 5.74) is 0. The first-order chi connectivity index (χ1) is 11.8. The maximum absolute atomic E-state index is 13.0. The maximum atomic E-state index is 13.0. The Balaban J connectivity index is 0.00000312. The second-order valence-corrected chi connectivity index (χ2v) is 5.12. The quantitative estimate of drug-likeness (QED) is 0.261. The Bertz CT molecular complexity index is 621. The summed E-state index contributed by atoms with van der Waals surface area (Å²) in [5.74, 6) is 0.978. The third-order valence-corrected chi connectivity index (χ3v) is 3.18. The van der Waals surface area contributed by atoms with Crippen LogP contribution in [-0.2, 0) is 6.54 Å². The van der Waals surface area contributed by atoms with E-state index in [9.17, 15) is 4.39 Å². The first kappa shape index (κ1) is 21.2. The van der Waals surface area contributed by atoms with Crippen LogP contribution in [0, 0.1) is 5.82 Å². The molecule has 0 saturated carbocycles. The first-order valence-electron chi connectivity index (χ1n) is 8.16.